The van der Waals surface area contributed by atoms with Crippen LogP contribution in [0.3, 0.4) is 0 Å². The minimum atomic E-state index is -4.43. The second kappa shape index (κ2) is 8.08. The number of H-pyrrole nitrogens is 1. The van der Waals surface area contributed by atoms with Crippen LogP contribution in [0.5, 0.6) is 5.75 Å². The van der Waals surface area contributed by atoms with Crippen molar-refractivity contribution in [2.75, 3.05) is 11.9 Å². The van der Waals surface area contributed by atoms with Crippen LogP contribution in [-0.4, -0.2) is 28.2 Å². The number of carbonyl (C=O) groups excluding carboxylic acids is 1. The fraction of sp³-hybridized carbons (Fsp3) is 0.211. The van der Waals surface area contributed by atoms with Gasteiger partial charge in [-0.1, -0.05) is 0 Å². The standard InChI is InChI=1S/C19H16F3N3O3S/c1-2-25-17(27)14-8-3-11(9-15(14)24-18(25)29)16(26)23-12-4-6-13(7-5-12)28-10-19(20,21)22/h3-9H,2,10H2,1H3,(H,23,26)(H,24,29). The maximum atomic E-state index is 12.5. The number of aromatic nitrogens is 2. The van der Waals surface area contributed by atoms with Crippen LogP contribution in [0.15, 0.2) is 47.3 Å². The van der Waals surface area contributed by atoms with E-state index in [0.717, 1.165) is 0 Å². The summed E-state index contributed by atoms with van der Waals surface area (Å²) in [6.45, 7) is 0.837. The molecule has 0 atom stereocenters. The van der Waals surface area contributed by atoms with Crippen molar-refractivity contribution in [3.05, 3.63) is 63.2 Å². The summed E-state index contributed by atoms with van der Waals surface area (Å²) < 4.78 is 42.8. The van der Waals surface area contributed by atoms with Gasteiger partial charge in [0.2, 0.25) is 0 Å². The molecule has 6 nitrogen and oxygen atoms in total. The van der Waals surface area contributed by atoms with Crippen LogP contribution in [0, 0.1) is 4.77 Å². The molecule has 0 aliphatic carbocycles. The molecule has 0 saturated heterocycles. The molecular weight excluding hydrogens is 407 g/mol. The molecule has 0 aliphatic rings. The third-order valence-corrected chi connectivity index (χ3v) is 4.40. The number of anilines is 1. The van der Waals surface area contributed by atoms with Crippen LogP contribution in [0.25, 0.3) is 10.9 Å². The zero-order valence-electron chi connectivity index (χ0n) is 15.2. The number of hydrogen-bond donors (Lipinski definition) is 2. The largest absolute Gasteiger partial charge is 0.484 e. The van der Waals surface area contributed by atoms with Gasteiger partial charge in [0.25, 0.3) is 11.5 Å². The van der Waals surface area contributed by atoms with Gasteiger partial charge < -0.3 is 15.0 Å². The lowest BCUT2D eigenvalue weighted by Crippen LogP contribution is -2.21. The Morgan fingerprint density at radius 3 is 2.52 bits per heavy atom. The van der Waals surface area contributed by atoms with Crippen molar-refractivity contribution in [3.63, 3.8) is 0 Å². The highest BCUT2D eigenvalue weighted by molar-refractivity contribution is 7.71. The summed E-state index contributed by atoms with van der Waals surface area (Å²) in [4.78, 5) is 27.8. The van der Waals surface area contributed by atoms with Crippen molar-refractivity contribution >= 4 is 34.7 Å². The predicted molar refractivity (Wildman–Crippen MR) is 105 cm³/mol. The molecule has 3 rings (SSSR count). The van der Waals surface area contributed by atoms with Crippen molar-refractivity contribution in [3.8, 4) is 5.75 Å². The van der Waals surface area contributed by atoms with Gasteiger partial charge in [-0.25, -0.2) is 0 Å². The van der Waals surface area contributed by atoms with Gasteiger partial charge in [-0.2, -0.15) is 13.2 Å². The Morgan fingerprint density at radius 1 is 1.21 bits per heavy atom. The lowest BCUT2D eigenvalue weighted by Gasteiger charge is -2.10. The molecular formula is C19H16F3N3O3S. The highest BCUT2D eigenvalue weighted by Gasteiger charge is 2.28. The second-order valence-corrected chi connectivity index (χ2v) is 6.51. The maximum absolute atomic E-state index is 12.5. The monoisotopic (exact) mass is 423 g/mol. The SMILES string of the molecule is CCn1c(=S)[nH]c2cc(C(=O)Nc3ccc(OCC(F)(F)F)cc3)ccc2c1=O. The van der Waals surface area contributed by atoms with Gasteiger partial charge in [0.05, 0.1) is 10.9 Å². The summed E-state index contributed by atoms with van der Waals surface area (Å²) in [5, 5.41) is 3.04. The number of halogens is 3. The van der Waals surface area contributed by atoms with Crippen LogP contribution >= 0.6 is 12.2 Å². The first-order valence-corrected chi connectivity index (χ1v) is 8.96. The molecule has 152 valence electrons. The third-order valence-electron chi connectivity index (χ3n) is 4.07. The van der Waals surface area contributed by atoms with Gasteiger partial charge in [-0.05, 0) is 61.6 Å². The van der Waals surface area contributed by atoms with E-state index in [-0.39, 0.29) is 21.6 Å². The number of amides is 1. The highest BCUT2D eigenvalue weighted by Crippen LogP contribution is 2.21. The van der Waals surface area contributed by atoms with Crippen molar-refractivity contribution in [1.82, 2.24) is 9.55 Å². The van der Waals surface area contributed by atoms with Gasteiger partial charge in [-0.3, -0.25) is 14.2 Å². The number of rotatable bonds is 5. The van der Waals surface area contributed by atoms with Crippen molar-refractivity contribution in [2.45, 2.75) is 19.6 Å². The molecule has 3 aromatic rings. The Kier molecular flexibility index (Phi) is 5.73. The van der Waals surface area contributed by atoms with Gasteiger partial charge in [0, 0.05) is 17.8 Å². The first kappa shape index (κ1) is 20.6. The van der Waals surface area contributed by atoms with E-state index >= 15 is 0 Å². The van der Waals surface area contributed by atoms with E-state index in [9.17, 15) is 22.8 Å². The molecule has 0 bridgehead atoms. The summed E-state index contributed by atoms with van der Waals surface area (Å²) >= 11 is 5.16. The number of alkyl halides is 3. The summed E-state index contributed by atoms with van der Waals surface area (Å²) in [7, 11) is 0. The van der Waals surface area contributed by atoms with Crippen LogP contribution < -0.4 is 15.6 Å². The van der Waals surface area contributed by atoms with E-state index in [1.807, 2.05) is 0 Å². The molecule has 29 heavy (non-hydrogen) atoms. The zero-order valence-corrected chi connectivity index (χ0v) is 16.0. The summed E-state index contributed by atoms with van der Waals surface area (Å²) in [5.41, 5.74) is 0.860. The fourth-order valence-corrected chi connectivity index (χ4v) is 3.01. The lowest BCUT2D eigenvalue weighted by atomic mass is 10.1. The van der Waals surface area contributed by atoms with Crippen molar-refractivity contribution < 1.29 is 22.7 Å². The summed E-state index contributed by atoms with van der Waals surface area (Å²) in [5.74, 6) is -0.416. The number of nitrogens with one attached hydrogen (secondary N) is 2. The Labute approximate surface area is 167 Å². The number of nitrogens with zero attached hydrogens (tertiary/aromatic N) is 1. The molecule has 1 aromatic heterocycles. The van der Waals surface area contributed by atoms with Gasteiger partial charge in [0.15, 0.2) is 11.4 Å². The van der Waals surface area contributed by atoms with Crippen molar-refractivity contribution in [1.29, 1.82) is 0 Å². The molecule has 1 amide bonds. The number of benzene rings is 2. The van der Waals surface area contributed by atoms with E-state index in [1.54, 1.807) is 6.92 Å². The number of carbonyl (C=O) groups is 1. The second-order valence-electron chi connectivity index (χ2n) is 6.12. The predicted octanol–water partition coefficient (Wildman–Crippen LogP) is 4.27. The summed E-state index contributed by atoms with van der Waals surface area (Å²) in [6, 6.07) is 10.1. The quantitative estimate of drug-likeness (QED) is 0.601. The molecule has 0 aliphatic heterocycles. The average molecular weight is 423 g/mol. The van der Waals surface area contributed by atoms with E-state index in [0.29, 0.717) is 23.1 Å². The van der Waals surface area contributed by atoms with E-state index in [4.69, 9.17) is 12.2 Å². The minimum Gasteiger partial charge on any atom is -0.484 e. The normalized spacial score (nSPS) is 11.4. The van der Waals surface area contributed by atoms with Crippen LogP contribution in [0.2, 0.25) is 0 Å². The van der Waals surface area contributed by atoms with Gasteiger partial charge in [-0.15, -0.1) is 0 Å². The number of fused-ring (bicyclic) bond motifs is 1. The lowest BCUT2D eigenvalue weighted by molar-refractivity contribution is -0.153. The fourth-order valence-electron chi connectivity index (χ4n) is 2.69. The smallest absolute Gasteiger partial charge is 0.422 e. The van der Waals surface area contributed by atoms with E-state index < -0.39 is 18.7 Å². The maximum Gasteiger partial charge on any atom is 0.422 e. The molecule has 0 radical (unpaired) electrons. The number of hydrogen-bond acceptors (Lipinski definition) is 4. The molecule has 1 heterocycles. The molecule has 2 aromatic carbocycles. The minimum absolute atomic E-state index is 0.0332. The first-order valence-electron chi connectivity index (χ1n) is 8.56. The molecule has 0 saturated carbocycles. The third kappa shape index (κ3) is 4.83. The molecule has 10 heteroatoms. The summed E-state index contributed by atoms with van der Waals surface area (Å²) in [6.07, 6.45) is -4.43. The van der Waals surface area contributed by atoms with Crippen LogP contribution in [-0.2, 0) is 6.54 Å². The van der Waals surface area contributed by atoms with Gasteiger partial charge >= 0.3 is 6.18 Å². The Balaban J connectivity index is 1.78. The average Bonchev–Trinajstić information content (AvgIpc) is 2.66. The number of ether oxygens (including phenoxy) is 1. The molecule has 0 unspecified atom stereocenters. The first-order chi connectivity index (χ1) is 13.7. The Bertz CT molecular complexity index is 1170. The Hall–Kier alpha value is -3.14. The highest BCUT2D eigenvalue weighted by atomic mass is 32.1. The molecule has 2 N–H and O–H groups in total. The van der Waals surface area contributed by atoms with Crippen LogP contribution in [0.4, 0.5) is 18.9 Å². The topological polar surface area (TPSA) is 76.1 Å². The van der Waals surface area contributed by atoms with Crippen molar-refractivity contribution in [2.24, 2.45) is 0 Å². The van der Waals surface area contributed by atoms with E-state index in [2.05, 4.69) is 15.0 Å². The van der Waals surface area contributed by atoms with Crippen LogP contribution in [0.1, 0.15) is 17.3 Å². The van der Waals surface area contributed by atoms with E-state index in [1.165, 1.54) is 47.0 Å². The molecule has 0 spiro atoms. The van der Waals surface area contributed by atoms with Gasteiger partial charge in [0.1, 0.15) is 5.75 Å². The number of aromatic amines is 1. The molecule has 0 fully saturated rings. The zero-order chi connectivity index (χ0) is 21.2. The Morgan fingerprint density at radius 2 is 1.90 bits per heavy atom.